The third-order valence-electron chi connectivity index (χ3n) is 6.66. The molecule has 4 nitrogen and oxygen atoms in total. The summed E-state index contributed by atoms with van der Waals surface area (Å²) >= 11 is 0. The van der Waals surface area contributed by atoms with E-state index in [1.54, 1.807) is 0 Å². The van der Waals surface area contributed by atoms with E-state index in [0.717, 1.165) is 19.3 Å². The smallest absolute Gasteiger partial charge is 0.309 e. The highest BCUT2D eigenvalue weighted by Crippen LogP contribution is 2.18. The Morgan fingerprint density at radius 3 is 1.57 bits per heavy atom. The highest BCUT2D eigenvalue weighted by atomic mass is 16.5. The van der Waals surface area contributed by atoms with Crippen LogP contribution in [0.3, 0.4) is 0 Å². The van der Waals surface area contributed by atoms with Crippen LogP contribution < -0.4 is 0 Å². The van der Waals surface area contributed by atoms with Crippen molar-refractivity contribution in [1.29, 1.82) is 0 Å². The normalized spacial score (nSPS) is 12.1. The maximum Gasteiger partial charge on any atom is 0.309 e. The number of carboxylic acids is 1. The molecule has 0 rings (SSSR count). The van der Waals surface area contributed by atoms with Crippen molar-refractivity contribution in [1.82, 2.24) is 0 Å². The molecule has 35 heavy (non-hydrogen) atoms. The van der Waals surface area contributed by atoms with Gasteiger partial charge in [-0.2, -0.15) is 0 Å². The number of hydrogen-bond acceptors (Lipinski definition) is 3. The average molecular weight is 493 g/mol. The summed E-state index contributed by atoms with van der Waals surface area (Å²) in [6, 6.07) is 0. The van der Waals surface area contributed by atoms with Gasteiger partial charge in [0.2, 0.25) is 0 Å². The van der Waals surface area contributed by atoms with E-state index >= 15 is 0 Å². The monoisotopic (exact) mass is 492 g/mol. The van der Waals surface area contributed by atoms with Crippen molar-refractivity contribution in [2.24, 2.45) is 5.92 Å². The lowest BCUT2D eigenvalue weighted by molar-refractivity contribution is -0.152. The molecule has 1 atom stereocenters. The number of esters is 1. The Hall–Kier alpha value is -1.58. The molecule has 1 unspecified atom stereocenters. The maximum atomic E-state index is 11.9. The molecule has 0 fully saturated rings. The molecule has 0 bridgehead atoms. The van der Waals surface area contributed by atoms with Crippen molar-refractivity contribution in [3.8, 4) is 0 Å². The number of carbonyl (C=O) groups is 2. The van der Waals surface area contributed by atoms with Gasteiger partial charge in [-0.1, -0.05) is 134 Å². The van der Waals surface area contributed by atoms with Gasteiger partial charge in [0.25, 0.3) is 0 Å². The van der Waals surface area contributed by atoms with Crippen molar-refractivity contribution < 1.29 is 19.4 Å². The maximum absolute atomic E-state index is 11.9. The summed E-state index contributed by atoms with van der Waals surface area (Å²) in [5.74, 6) is -1.90. The summed E-state index contributed by atoms with van der Waals surface area (Å²) in [7, 11) is 0. The Bertz CT molecular complexity index is 526. The first kappa shape index (κ1) is 33.4. The zero-order valence-electron chi connectivity index (χ0n) is 23.0. The summed E-state index contributed by atoms with van der Waals surface area (Å²) in [6.45, 7) is 5.94. The first-order valence-corrected chi connectivity index (χ1v) is 14.8. The largest absolute Gasteiger partial charge is 0.481 e. The number of allylic oxidation sites excluding steroid dienone is 2. The van der Waals surface area contributed by atoms with Gasteiger partial charge < -0.3 is 9.84 Å². The first-order chi connectivity index (χ1) is 17.1. The predicted octanol–water partition coefficient (Wildman–Crippen LogP) is 9.57. The summed E-state index contributed by atoms with van der Waals surface area (Å²) < 4.78 is 5.03. The third-order valence-corrected chi connectivity index (χ3v) is 6.66. The standard InChI is InChI=1S/C31H56O4/c1-3-5-6-7-8-9-10-11-12-13-14-15-16-17-18-19-20-21-22-23-24-25-26-29(28-30(32)33)31(34)35-27-4-2/h4,17-18,29H,2-3,5-16,19-28H2,1H3,(H,32,33)/b18-17+. The lowest BCUT2D eigenvalue weighted by Crippen LogP contribution is -2.21. The molecule has 0 aliphatic rings. The Labute approximate surface area is 217 Å². The van der Waals surface area contributed by atoms with Crippen LogP contribution in [0.1, 0.15) is 148 Å². The van der Waals surface area contributed by atoms with Crippen LogP contribution in [0.5, 0.6) is 0 Å². The Balaban J connectivity index is 3.44. The minimum atomic E-state index is -0.947. The Morgan fingerprint density at radius 2 is 1.14 bits per heavy atom. The number of carbonyl (C=O) groups excluding carboxylic acids is 1. The topological polar surface area (TPSA) is 63.6 Å². The van der Waals surface area contributed by atoms with Crippen molar-refractivity contribution >= 4 is 11.9 Å². The second-order valence-corrected chi connectivity index (χ2v) is 10.1. The van der Waals surface area contributed by atoms with Gasteiger partial charge in [-0.15, -0.1) is 0 Å². The van der Waals surface area contributed by atoms with Gasteiger partial charge in [0.1, 0.15) is 6.61 Å². The quantitative estimate of drug-likeness (QED) is 0.0704. The number of hydrogen-bond donors (Lipinski definition) is 1. The molecule has 204 valence electrons. The van der Waals surface area contributed by atoms with Gasteiger partial charge in [-0.3, -0.25) is 9.59 Å². The van der Waals surface area contributed by atoms with E-state index in [4.69, 9.17) is 9.84 Å². The minimum absolute atomic E-state index is 0.142. The fraction of sp³-hybridized carbons (Fsp3) is 0.806. The van der Waals surface area contributed by atoms with E-state index in [1.807, 2.05) is 0 Å². The molecule has 4 heteroatoms. The lowest BCUT2D eigenvalue weighted by atomic mass is 9.97. The van der Waals surface area contributed by atoms with Crippen molar-refractivity contribution in [2.75, 3.05) is 6.61 Å². The molecule has 0 saturated carbocycles. The molecule has 0 radical (unpaired) electrons. The number of aliphatic carboxylic acids is 1. The van der Waals surface area contributed by atoms with E-state index in [2.05, 4.69) is 25.7 Å². The third kappa shape index (κ3) is 25.3. The Morgan fingerprint density at radius 1 is 0.714 bits per heavy atom. The average Bonchev–Trinajstić information content (AvgIpc) is 2.84. The van der Waals surface area contributed by atoms with Crippen molar-refractivity contribution in [2.45, 2.75) is 148 Å². The van der Waals surface area contributed by atoms with E-state index in [9.17, 15) is 9.59 Å². The molecule has 0 aliphatic heterocycles. The zero-order chi connectivity index (χ0) is 25.8. The molecule has 0 amide bonds. The van der Waals surface area contributed by atoms with Gasteiger partial charge in [0.15, 0.2) is 0 Å². The fourth-order valence-corrected chi connectivity index (χ4v) is 4.47. The molecular weight excluding hydrogens is 436 g/mol. The number of carboxylic acid groups (broad SMARTS) is 1. The van der Waals surface area contributed by atoms with Gasteiger partial charge in [0.05, 0.1) is 12.3 Å². The number of unbranched alkanes of at least 4 members (excludes halogenated alkanes) is 18. The van der Waals surface area contributed by atoms with Crippen LogP contribution in [0.2, 0.25) is 0 Å². The van der Waals surface area contributed by atoms with Crippen LogP contribution in [0, 0.1) is 5.92 Å². The SMILES string of the molecule is C=CCOC(=O)C(CCCCCCCC/C=C/CCCCCCCCCCCCCC)CC(=O)O. The molecule has 0 spiro atoms. The molecule has 0 heterocycles. The van der Waals surface area contributed by atoms with Crippen molar-refractivity contribution in [3.05, 3.63) is 24.8 Å². The molecule has 0 aromatic carbocycles. The second kappa shape index (κ2) is 27.0. The number of ether oxygens (including phenoxy) is 1. The minimum Gasteiger partial charge on any atom is -0.481 e. The van der Waals surface area contributed by atoms with Gasteiger partial charge in [0, 0.05) is 0 Å². The second-order valence-electron chi connectivity index (χ2n) is 10.1. The fourth-order valence-electron chi connectivity index (χ4n) is 4.47. The molecular formula is C31H56O4. The molecule has 0 aromatic heterocycles. The molecule has 0 saturated heterocycles. The molecule has 0 aromatic rings. The summed E-state index contributed by atoms with van der Waals surface area (Å²) in [5, 5.41) is 9.00. The van der Waals surface area contributed by atoms with Crippen LogP contribution in [-0.4, -0.2) is 23.7 Å². The van der Waals surface area contributed by atoms with E-state index in [0.29, 0.717) is 6.42 Å². The van der Waals surface area contributed by atoms with Crippen LogP contribution in [-0.2, 0) is 14.3 Å². The highest BCUT2D eigenvalue weighted by Gasteiger charge is 2.22. The van der Waals surface area contributed by atoms with Gasteiger partial charge in [-0.05, 0) is 32.1 Å². The zero-order valence-corrected chi connectivity index (χ0v) is 23.0. The van der Waals surface area contributed by atoms with Crippen LogP contribution in [0.15, 0.2) is 24.8 Å². The van der Waals surface area contributed by atoms with Crippen LogP contribution >= 0.6 is 0 Å². The summed E-state index contributed by atoms with van der Waals surface area (Å²) in [5.41, 5.74) is 0. The van der Waals surface area contributed by atoms with E-state index < -0.39 is 17.9 Å². The Kier molecular flexibility index (Phi) is 25.8. The van der Waals surface area contributed by atoms with Crippen molar-refractivity contribution in [3.63, 3.8) is 0 Å². The van der Waals surface area contributed by atoms with Crippen LogP contribution in [0.25, 0.3) is 0 Å². The number of rotatable bonds is 27. The van der Waals surface area contributed by atoms with E-state index in [1.165, 1.54) is 115 Å². The first-order valence-electron chi connectivity index (χ1n) is 14.8. The molecule has 0 aliphatic carbocycles. The van der Waals surface area contributed by atoms with E-state index in [-0.39, 0.29) is 13.0 Å². The lowest BCUT2D eigenvalue weighted by Gasteiger charge is -2.13. The summed E-state index contributed by atoms with van der Waals surface area (Å²) in [4.78, 5) is 22.9. The van der Waals surface area contributed by atoms with Gasteiger partial charge in [-0.25, -0.2) is 0 Å². The van der Waals surface area contributed by atoms with Crippen LogP contribution in [0.4, 0.5) is 0 Å². The summed E-state index contributed by atoms with van der Waals surface area (Å²) in [6.07, 6.45) is 32.7. The predicted molar refractivity (Wildman–Crippen MR) is 149 cm³/mol. The highest BCUT2D eigenvalue weighted by molar-refractivity contribution is 5.79. The molecule has 1 N–H and O–H groups in total. The van der Waals surface area contributed by atoms with Gasteiger partial charge >= 0.3 is 11.9 Å².